The monoisotopic (exact) mass is 927 g/mol. The molecule has 0 amide bonds. The average Bonchev–Trinajstić information content (AvgIpc) is 4.01. The lowest BCUT2D eigenvalue weighted by molar-refractivity contribution is 0.669. The van der Waals surface area contributed by atoms with Gasteiger partial charge >= 0.3 is 0 Å². The highest BCUT2D eigenvalue weighted by atomic mass is 32.1. The molecule has 0 fully saturated rings. The van der Waals surface area contributed by atoms with Gasteiger partial charge in [-0.05, 0) is 131 Å². The Balaban J connectivity index is 1.10. The largest absolute Gasteiger partial charge is 0.456 e. The molecule has 336 valence electrons. The van der Waals surface area contributed by atoms with Crippen LogP contribution in [0.2, 0.25) is 0 Å². The summed E-state index contributed by atoms with van der Waals surface area (Å²) in [5.41, 5.74) is 15.6. The maximum absolute atomic E-state index is 7.15. The van der Waals surface area contributed by atoms with Crippen molar-refractivity contribution >= 4 is 105 Å². The average molecular weight is 928 g/mol. The van der Waals surface area contributed by atoms with Gasteiger partial charge in [-0.25, -0.2) is 0 Å². The van der Waals surface area contributed by atoms with Gasteiger partial charge in [0, 0.05) is 65.7 Å². The lowest BCUT2D eigenvalue weighted by Gasteiger charge is -2.30. The molecular formula is C66H45N3OS. The zero-order valence-corrected chi connectivity index (χ0v) is 39.5. The predicted molar refractivity (Wildman–Crippen MR) is 302 cm³/mol. The van der Waals surface area contributed by atoms with Gasteiger partial charge in [0.25, 0.3) is 0 Å². The van der Waals surface area contributed by atoms with E-state index in [0.717, 1.165) is 84.3 Å². The molecule has 0 saturated heterocycles. The van der Waals surface area contributed by atoms with E-state index in [2.05, 4.69) is 288 Å². The van der Waals surface area contributed by atoms with Crippen molar-refractivity contribution in [3.05, 3.63) is 273 Å². The van der Waals surface area contributed by atoms with Crippen LogP contribution in [0.4, 0.5) is 51.2 Å². The fourth-order valence-electron chi connectivity index (χ4n) is 10.2. The van der Waals surface area contributed by atoms with Gasteiger partial charge in [0.2, 0.25) is 0 Å². The Morgan fingerprint density at radius 3 is 1.35 bits per heavy atom. The number of rotatable bonds is 11. The van der Waals surface area contributed by atoms with Gasteiger partial charge in [0.15, 0.2) is 0 Å². The Hall–Kier alpha value is -9.16. The van der Waals surface area contributed by atoms with Gasteiger partial charge in [-0.1, -0.05) is 158 Å². The number of para-hydroxylation sites is 4. The zero-order valence-electron chi connectivity index (χ0n) is 38.6. The van der Waals surface area contributed by atoms with E-state index in [-0.39, 0.29) is 0 Å². The summed E-state index contributed by atoms with van der Waals surface area (Å²) in [6.45, 7) is 0. The van der Waals surface area contributed by atoms with Crippen LogP contribution in [0.15, 0.2) is 277 Å². The number of thiophene rings is 1. The summed E-state index contributed by atoms with van der Waals surface area (Å²) >= 11 is 1.84. The highest BCUT2D eigenvalue weighted by Gasteiger charge is 2.26. The topological polar surface area (TPSA) is 22.9 Å². The minimum Gasteiger partial charge on any atom is -0.456 e. The van der Waals surface area contributed by atoms with E-state index < -0.39 is 0 Å². The molecule has 4 nitrogen and oxygen atoms in total. The van der Waals surface area contributed by atoms with Gasteiger partial charge in [0.05, 0.1) is 22.4 Å². The maximum atomic E-state index is 7.15. The summed E-state index contributed by atoms with van der Waals surface area (Å²) in [6.07, 6.45) is 0. The molecule has 13 rings (SSSR count). The third kappa shape index (κ3) is 7.75. The van der Waals surface area contributed by atoms with Crippen molar-refractivity contribution in [2.45, 2.75) is 0 Å². The van der Waals surface area contributed by atoms with Gasteiger partial charge in [0.1, 0.15) is 11.2 Å². The van der Waals surface area contributed by atoms with Crippen LogP contribution in [-0.2, 0) is 0 Å². The molecule has 0 saturated carbocycles. The summed E-state index contributed by atoms with van der Waals surface area (Å²) in [5, 5.41) is 4.47. The van der Waals surface area contributed by atoms with Crippen molar-refractivity contribution in [2.24, 2.45) is 0 Å². The quantitative estimate of drug-likeness (QED) is 0.129. The van der Waals surface area contributed by atoms with Gasteiger partial charge < -0.3 is 19.1 Å². The molecule has 5 heteroatoms. The number of benzene rings is 11. The molecule has 2 aromatic heterocycles. The van der Waals surface area contributed by atoms with Gasteiger partial charge in [-0.15, -0.1) is 11.3 Å². The smallest absolute Gasteiger partial charge is 0.139 e. The summed E-state index contributed by atoms with van der Waals surface area (Å²) < 4.78 is 9.63. The van der Waals surface area contributed by atoms with Crippen LogP contribution in [0.5, 0.6) is 0 Å². The Labute approximate surface area is 416 Å². The fraction of sp³-hybridized carbons (Fsp3) is 0. The molecule has 0 radical (unpaired) electrons. The lowest BCUT2D eigenvalue weighted by Crippen LogP contribution is -2.14. The number of fused-ring (bicyclic) bond motifs is 6. The molecular weight excluding hydrogens is 883 g/mol. The van der Waals surface area contributed by atoms with Crippen LogP contribution in [0.25, 0.3) is 64.4 Å². The number of hydrogen-bond donors (Lipinski definition) is 0. The second kappa shape index (κ2) is 18.1. The molecule has 11 aromatic carbocycles. The first-order chi connectivity index (χ1) is 35.2. The molecule has 71 heavy (non-hydrogen) atoms. The van der Waals surface area contributed by atoms with E-state index >= 15 is 0 Å². The van der Waals surface area contributed by atoms with Gasteiger partial charge in [-0.3, -0.25) is 0 Å². The van der Waals surface area contributed by atoms with E-state index in [1.54, 1.807) is 0 Å². The predicted octanol–water partition coefficient (Wildman–Crippen LogP) is 19.7. The molecule has 0 bridgehead atoms. The zero-order chi connectivity index (χ0) is 47.1. The van der Waals surface area contributed by atoms with Crippen molar-refractivity contribution in [1.29, 1.82) is 0 Å². The summed E-state index contributed by atoms with van der Waals surface area (Å²) in [4.78, 5) is 7.14. The molecule has 0 aliphatic rings. The Bertz CT molecular complexity index is 3950. The first-order valence-corrected chi connectivity index (χ1v) is 24.8. The summed E-state index contributed by atoms with van der Waals surface area (Å²) in [6, 6.07) is 97.7. The van der Waals surface area contributed by atoms with Crippen LogP contribution < -0.4 is 14.7 Å². The van der Waals surface area contributed by atoms with Crippen LogP contribution in [0.3, 0.4) is 0 Å². The standard InChI is InChI=1S/C66H45N3OS/c1-7-21-46(22-8-1)48-25-19-34-54(41-48)68(52-30-15-5-16-31-52)60-44-56(45-62-65(60)57-43-55(38-39-61(57)70-62)67(50-26-11-3-12-27-50)51-28-13-4-14-29-51)69(53-32-17-6-18-33-53)59-35-20-36-64-66(59)58-42-49(37-40-63(58)71-64)47-23-9-2-10-24-47/h1-45H. The molecule has 0 atom stereocenters. The van der Waals surface area contributed by atoms with Gasteiger partial charge in [-0.2, -0.15) is 0 Å². The first-order valence-electron chi connectivity index (χ1n) is 24.0. The number of furan rings is 1. The summed E-state index contributed by atoms with van der Waals surface area (Å²) in [7, 11) is 0. The van der Waals surface area contributed by atoms with E-state index in [9.17, 15) is 0 Å². The SMILES string of the molecule is c1ccc(-c2cccc(N(c3ccccc3)c3cc(N(c4ccccc4)c4cccc5sc6ccc(-c7ccccc7)cc6c45)cc4oc5ccc(N(c6ccccc6)c6ccccc6)cc5c34)c2)cc1. The van der Waals surface area contributed by atoms with Crippen LogP contribution in [-0.4, -0.2) is 0 Å². The maximum Gasteiger partial charge on any atom is 0.139 e. The first kappa shape index (κ1) is 42.0. The molecule has 13 aromatic rings. The highest BCUT2D eigenvalue weighted by molar-refractivity contribution is 7.26. The molecule has 0 unspecified atom stereocenters. The molecule has 0 aliphatic heterocycles. The second-order valence-electron chi connectivity index (χ2n) is 17.7. The summed E-state index contributed by atoms with van der Waals surface area (Å²) in [5.74, 6) is 0. The Kier molecular flexibility index (Phi) is 10.7. The minimum atomic E-state index is 0.783. The fourth-order valence-corrected chi connectivity index (χ4v) is 11.3. The third-order valence-corrected chi connectivity index (χ3v) is 14.5. The number of anilines is 9. The minimum absolute atomic E-state index is 0.783. The lowest BCUT2D eigenvalue weighted by atomic mass is 10.0. The van der Waals surface area contributed by atoms with Crippen LogP contribution >= 0.6 is 11.3 Å². The van der Waals surface area contributed by atoms with Crippen molar-refractivity contribution in [1.82, 2.24) is 0 Å². The van der Waals surface area contributed by atoms with Crippen molar-refractivity contribution in [3.8, 4) is 22.3 Å². The Morgan fingerprint density at radius 2 is 0.746 bits per heavy atom. The Morgan fingerprint density at radius 1 is 0.254 bits per heavy atom. The number of nitrogens with zero attached hydrogens (tertiary/aromatic N) is 3. The van der Waals surface area contributed by atoms with Crippen LogP contribution in [0.1, 0.15) is 0 Å². The van der Waals surface area contributed by atoms with Crippen molar-refractivity contribution in [3.63, 3.8) is 0 Å². The molecule has 0 spiro atoms. The highest BCUT2D eigenvalue weighted by Crippen LogP contribution is 2.51. The molecule has 0 N–H and O–H groups in total. The van der Waals surface area contributed by atoms with Crippen molar-refractivity contribution < 1.29 is 4.42 Å². The molecule has 2 heterocycles. The van der Waals surface area contributed by atoms with E-state index in [4.69, 9.17) is 4.42 Å². The number of hydrogen-bond acceptors (Lipinski definition) is 5. The third-order valence-electron chi connectivity index (χ3n) is 13.4. The van der Waals surface area contributed by atoms with Crippen LogP contribution in [0, 0.1) is 0 Å². The normalized spacial score (nSPS) is 11.4. The second-order valence-corrected chi connectivity index (χ2v) is 18.8. The van der Waals surface area contributed by atoms with E-state index in [1.807, 2.05) is 11.3 Å². The van der Waals surface area contributed by atoms with E-state index in [0.29, 0.717) is 0 Å². The van der Waals surface area contributed by atoms with Crippen molar-refractivity contribution in [2.75, 3.05) is 14.7 Å². The van der Waals surface area contributed by atoms with E-state index in [1.165, 1.54) is 31.3 Å². The molecule has 0 aliphatic carbocycles.